The van der Waals surface area contributed by atoms with E-state index in [1.54, 1.807) is 0 Å². The van der Waals surface area contributed by atoms with E-state index in [1.165, 1.54) is 12.8 Å². The average Bonchev–Trinajstić information content (AvgIpc) is 2.18. The van der Waals surface area contributed by atoms with Gasteiger partial charge in [-0.25, -0.2) is 0 Å². The van der Waals surface area contributed by atoms with Crippen molar-refractivity contribution in [3.05, 3.63) is 0 Å². The van der Waals surface area contributed by atoms with Crippen molar-refractivity contribution in [1.82, 2.24) is 10.6 Å². The van der Waals surface area contributed by atoms with Gasteiger partial charge >= 0.3 is 0 Å². The Morgan fingerprint density at radius 3 is 2.79 bits per heavy atom. The van der Waals surface area contributed by atoms with Gasteiger partial charge in [0, 0.05) is 18.7 Å². The van der Waals surface area contributed by atoms with Gasteiger partial charge in [0.15, 0.2) is 0 Å². The maximum absolute atomic E-state index is 9.02. The third-order valence-corrected chi connectivity index (χ3v) is 2.89. The molecule has 1 saturated heterocycles. The highest BCUT2D eigenvalue weighted by atomic mass is 16.3. The summed E-state index contributed by atoms with van der Waals surface area (Å²) >= 11 is 0. The van der Waals surface area contributed by atoms with Gasteiger partial charge in [-0.2, -0.15) is 0 Å². The van der Waals surface area contributed by atoms with E-state index < -0.39 is 0 Å². The third kappa shape index (κ3) is 3.95. The first-order valence-electron chi connectivity index (χ1n) is 5.81. The summed E-state index contributed by atoms with van der Waals surface area (Å²) in [7, 11) is 0. The van der Waals surface area contributed by atoms with Gasteiger partial charge in [0.25, 0.3) is 0 Å². The molecular weight excluding hydrogens is 176 g/mol. The summed E-state index contributed by atoms with van der Waals surface area (Å²) in [6.45, 7) is 6.89. The summed E-state index contributed by atoms with van der Waals surface area (Å²) in [4.78, 5) is 0. The summed E-state index contributed by atoms with van der Waals surface area (Å²) in [5.74, 6) is 0.693. The molecular formula is C11H24N2O. The van der Waals surface area contributed by atoms with Gasteiger partial charge in [-0.3, -0.25) is 0 Å². The van der Waals surface area contributed by atoms with Crippen LogP contribution in [0.5, 0.6) is 0 Å². The van der Waals surface area contributed by atoms with Crippen LogP contribution in [-0.4, -0.2) is 36.9 Å². The summed E-state index contributed by atoms with van der Waals surface area (Å²) < 4.78 is 0. The van der Waals surface area contributed by atoms with Crippen molar-refractivity contribution in [3.63, 3.8) is 0 Å². The predicted molar refractivity (Wildman–Crippen MR) is 59.4 cm³/mol. The zero-order valence-electron chi connectivity index (χ0n) is 9.42. The van der Waals surface area contributed by atoms with Crippen molar-refractivity contribution >= 4 is 0 Å². The van der Waals surface area contributed by atoms with E-state index in [-0.39, 0.29) is 0 Å². The molecule has 0 spiro atoms. The summed E-state index contributed by atoms with van der Waals surface area (Å²) in [6, 6.07) is 0.987. The zero-order valence-corrected chi connectivity index (χ0v) is 9.42. The standard InChI is InChI=1S/C11H24N2O/c1-9(2)13-11(5-7-14)10-4-3-6-12-8-10/h9-14H,3-8H2,1-2H3. The fourth-order valence-electron chi connectivity index (χ4n) is 2.24. The van der Waals surface area contributed by atoms with E-state index in [4.69, 9.17) is 5.11 Å². The molecule has 0 saturated carbocycles. The first-order chi connectivity index (χ1) is 6.74. The van der Waals surface area contributed by atoms with Gasteiger partial charge in [0.2, 0.25) is 0 Å². The lowest BCUT2D eigenvalue weighted by Crippen LogP contribution is -2.46. The lowest BCUT2D eigenvalue weighted by atomic mass is 9.89. The second-order valence-corrected chi connectivity index (χ2v) is 4.55. The monoisotopic (exact) mass is 200 g/mol. The number of hydrogen-bond acceptors (Lipinski definition) is 3. The molecule has 0 radical (unpaired) electrons. The van der Waals surface area contributed by atoms with Crippen LogP contribution < -0.4 is 10.6 Å². The van der Waals surface area contributed by atoms with Crippen LogP contribution in [0, 0.1) is 5.92 Å². The van der Waals surface area contributed by atoms with E-state index >= 15 is 0 Å². The van der Waals surface area contributed by atoms with Crippen molar-refractivity contribution in [3.8, 4) is 0 Å². The molecule has 0 bridgehead atoms. The molecule has 3 N–H and O–H groups in total. The first-order valence-corrected chi connectivity index (χ1v) is 5.81. The Kier molecular flexibility index (Phi) is 5.45. The molecule has 0 aliphatic carbocycles. The average molecular weight is 200 g/mol. The summed E-state index contributed by atoms with van der Waals surface area (Å²) in [5, 5.41) is 16.0. The lowest BCUT2D eigenvalue weighted by Gasteiger charge is -2.32. The molecule has 3 heteroatoms. The molecule has 1 fully saturated rings. The number of piperidine rings is 1. The number of hydrogen-bond donors (Lipinski definition) is 3. The third-order valence-electron chi connectivity index (χ3n) is 2.89. The number of rotatable bonds is 5. The minimum Gasteiger partial charge on any atom is -0.396 e. The maximum atomic E-state index is 9.02. The van der Waals surface area contributed by atoms with Crippen LogP contribution in [-0.2, 0) is 0 Å². The number of aliphatic hydroxyl groups is 1. The fourth-order valence-corrected chi connectivity index (χ4v) is 2.24. The Labute approximate surface area is 87.3 Å². The molecule has 3 nitrogen and oxygen atoms in total. The van der Waals surface area contributed by atoms with Gasteiger partial charge < -0.3 is 15.7 Å². The quantitative estimate of drug-likeness (QED) is 0.613. The van der Waals surface area contributed by atoms with Crippen molar-refractivity contribution in [2.75, 3.05) is 19.7 Å². The van der Waals surface area contributed by atoms with Gasteiger partial charge in [0.05, 0.1) is 0 Å². The van der Waals surface area contributed by atoms with E-state index in [9.17, 15) is 0 Å². The highest BCUT2D eigenvalue weighted by Crippen LogP contribution is 2.17. The van der Waals surface area contributed by atoms with E-state index in [0.29, 0.717) is 24.6 Å². The van der Waals surface area contributed by atoms with E-state index in [0.717, 1.165) is 19.5 Å². The minimum atomic E-state index is 0.293. The van der Waals surface area contributed by atoms with Crippen LogP contribution in [0.1, 0.15) is 33.1 Å². The Hall–Kier alpha value is -0.120. The zero-order chi connectivity index (χ0) is 10.4. The number of aliphatic hydroxyl groups excluding tert-OH is 1. The van der Waals surface area contributed by atoms with Crippen LogP contribution in [0.3, 0.4) is 0 Å². The van der Waals surface area contributed by atoms with Crippen LogP contribution in [0.4, 0.5) is 0 Å². The minimum absolute atomic E-state index is 0.293. The SMILES string of the molecule is CC(C)NC(CCO)C1CCCNC1. The molecule has 1 rings (SSSR count). The van der Waals surface area contributed by atoms with Crippen LogP contribution >= 0.6 is 0 Å². The second-order valence-electron chi connectivity index (χ2n) is 4.55. The maximum Gasteiger partial charge on any atom is 0.0445 e. The fraction of sp³-hybridized carbons (Fsp3) is 1.00. The van der Waals surface area contributed by atoms with Gasteiger partial charge in [0.1, 0.15) is 0 Å². The Morgan fingerprint density at radius 2 is 2.29 bits per heavy atom. The molecule has 1 aliphatic heterocycles. The molecule has 2 unspecified atom stereocenters. The van der Waals surface area contributed by atoms with Crippen molar-refractivity contribution < 1.29 is 5.11 Å². The van der Waals surface area contributed by atoms with Crippen LogP contribution in [0.15, 0.2) is 0 Å². The smallest absolute Gasteiger partial charge is 0.0445 e. The molecule has 0 aromatic heterocycles. The molecule has 1 aliphatic rings. The van der Waals surface area contributed by atoms with Gasteiger partial charge in [-0.1, -0.05) is 13.8 Å². The van der Waals surface area contributed by atoms with Crippen molar-refractivity contribution in [2.45, 2.75) is 45.2 Å². The molecule has 2 atom stereocenters. The van der Waals surface area contributed by atoms with Crippen molar-refractivity contribution in [1.29, 1.82) is 0 Å². The Balaban J connectivity index is 2.38. The number of nitrogens with one attached hydrogen (secondary N) is 2. The molecule has 0 amide bonds. The summed E-state index contributed by atoms with van der Waals surface area (Å²) in [6.07, 6.45) is 3.44. The van der Waals surface area contributed by atoms with Crippen LogP contribution in [0.25, 0.3) is 0 Å². The summed E-state index contributed by atoms with van der Waals surface area (Å²) in [5.41, 5.74) is 0. The van der Waals surface area contributed by atoms with Gasteiger partial charge in [-0.15, -0.1) is 0 Å². The van der Waals surface area contributed by atoms with E-state index in [1.807, 2.05) is 0 Å². The topological polar surface area (TPSA) is 44.3 Å². The first kappa shape index (κ1) is 12.0. The van der Waals surface area contributed by atoms with Crippen LogP contribution in [0.2, 0.25) is 0 Å². The van der Waals surface area contributed by atoms with Crippen molar-refractivity contribution in [2.24, 2.45) is 5.92 Å². The van der Waals surface area contributed by atoms with Gasteiger partial charge in [-0.05, 0) is 38.3 Å². The Bertz CT molecular complexity index is 144. The molecule has 0 aromatic carbocycles. The Morgan fingerprint density at radius 1 is 1.50 bits per heavy atom. The molecule has 1 heterocycles. The molecule has 14 heavy (non-hydrogen) atoms. The predicted octanol–water partition coefficient (Wildman–Crippen LogP) is 0.735. The van der Waals surface area contributed by atoms with E-state index in [2.05, 4.69) is 24.5 Å². The normalized spacial score (nSPS) is 25.3. The molecule has 0 aromatic rings. The largest absolute Gasteiger partial charge is 0.396 e. The lowest BCUT2D eigenvalue weighted by molar-refractivity contribution is 0.207. The molecule has 84 valence electrons. The highest BCUT2D eigenvalue weighted by molar-refractivity contribution is 4.82. The second kappa shape index (κ2) is 6.38. The highest BCUT2D eigenvalue weighted by Gasteiger charge is 2.23.